The maximum absolute atomic E-state index is 13.3. The van der Waals surface area contributed by atoms with E-state index in [1.807, 2.05) is 7.05 Å². The molecule has 10 heteroatoms. The van der Waals surface area contributed by atoms with Crippen molar-refractivity contribution < 1.29 is 19.1 Å². The molecule has 40 heavy (non-hydrogen) atoms. The van der Waals surface area contributed by atoms with Gasteiger partial charge in [0.15, 0.2) is 5.82 Å². The molecule has 6 rings (SSSR count). The predicted octanol–water partition coefficient (Wildman–Crippen LogP) is 4.22. The van der Waals surface area contributed by atoms with Gasteiger partial charge in [-0.2, -0.15) is 4.98 Å². The lowest BCUT2D eigenvalue weighted by Gasteiger charge is -2.31. The Morgan fingerprint density at radius 2 is 1.90 bits per heavy atom. The van der Waals surface area contributed by atoms with E-state index in [0.29, 0.717) is 48.5 Å². The van der Waals surface area contributed by atoms with Gasteiger partial charge < -0.3 is 25.2 Å². The zero-order valence-electron chi connectivity index (χ0n) is 23.4. The standard InChI is InChI=1S/C30H38N6O4/c1-35-23-17-32-29(34-26(23)36(21-8-4-5-9-21)18-30(13-14-30)28(35)39)33-22-12-11-19(15-25(22)40-2)27(38)31-16-20-7-3-6-10-24(20)37/h11-12,15,17,20-21H,3-10,13-14,16,18H2,1-2H3,(H,31,38)(H,32,33,34)/t20-/m0/s1. The van der Waals surface area contributed by atoms with Crippen molar-refractivity contribution in [3.8, 4) is 5.75 Å². The first kappa shape index (κ1) is 26.5. The fourth-order valence-electron chi connectivity index (χ4n) is 6.49. The largest absolute Gasteiger partial charge is 0.495 e. The van der Waals surface area contributed by atoms with Gasteiger partial charge in [-0.25, -0.2) is 4.98 Å². The summed E-state index contributed by atoms with van der Waals surface area (Å²) in [5.74, 6) is 1.73. The monoisotopic (exact) mass is 546 g/mol. The van der Waals surface area contributed by atoms with E-state index < -0.39 is 0 Å². The molecule has 1 atom stereocenters. The number of fused-ring (bicyclic) bond motifs is 1. The fourth-order valence-corrected chi connectivity index (χ4v) is 6.49. The van der Waals surface area contributed by atoms with Crippen molar-refractivity contribution in [3.63, 3.8) is 0 Å². The Balaban J connectivity index is 1.22. The van der Waals surface area contributed by atoms with Gasteiger partial charge in [-0.05, 0) is 56.7 Å². The number of hydrogen-bond donors (Lipinski definition) is 2. The van der Waals surface area contributed by atoms with Crippen LogP contribution in [0.4, 0.5) is 23.1 Å². The summed E-state index contributed by atoms with van der Waals surface area (Å²) >= 11 is 0. The number of amides is 2. The molecule has 2 amide bonds. The van der Waals surface area contributed by atoms with Crippen LogP contribution in [0.25, 0.3) is 0 Å². The van der Waals surface area contributed by atoms with Crippen LogP contribution in [-0.2, 0) is 9.59 Å². The SMILES string of the molecule is COc1cc(C(=O)NC[C@@H]2CCCCC2=O)ccc1Nc1ncc2c(n1)N(C1CCCC1)CC1(CC1)C(=O)N2C. The van der Waals surface area contributed by atoms with Crippen molar-refractivity contribution in [2.75, 3.05) is 42.4 Å². The van der Waals surface area contributed by atoms with E-state index in [4.69, 9.17) is 9.72 Å². The Hall–Kier alpha value is -3.69. The molecule has 3 saturated carbocycles. The molecule has 0 unspecified atom stereocenters. The van der Waals surface area contributed by atoms with Crippen molar-refractivity contribution in [1.82, 2.24) is 15.3 Å². The molecule has 2 N–H and O–H groups in total. The van der Waals surface area contributed by atoms with Gasteiger partial charge in [0.25, 0.3) is 5.91 Å². The molecule has 1 aromatic heterocycles. The number of nitrogens with one attached hydrogen (secondary N) is 2. The van der Waals surface area contributed by atoms with E-state index in [-0.39, 0.29) is 28.9 Å². The molecular formula is C30H38N6O4. The summed E-state index contributed by atoms with van der Waals surface area (Å²) in [6.45, 7) is 1.06. The maximum Gasteiger partial charge on any atom is 0.251 e. The molecule has 3 aliphatic carbocycles. The van der Waals surface area contributed by atoms with Crippen LogP contribution in [0, 0.1) is 11.3 Å². The third-order valence-corrected chi connectivity index (χ3v) is 9.13. The van der Waals surface area contributed by atoms with Crippen LogP contribution in [0.2, 0.25) is 0 Å². The number of hydrogen-bond acceptors (Lipinski definition) is 8. The third kappa shape index (κ3) is 4.99. The van der Waals surface area contributed by atoms with Gasteiger partial charge in [-0.15, -0.1) is 0 Å². The Bertz CT molecular complexity index is 1320. The van der Waals surface area contributed by atoms with Gasteiger partial charge in [0, 0.05) is 44.1 Å². The summed E-state index contributed by atoms with van der Waals surface area (Å²) in [6.07, 6.45) is 11.6. The van der Waals surface area contributed by atoms with E-state index in [9.17, 15) is 14.4 Å². The number of Topliss-reactive ketones (excluding diaryl/α,β-unsaturated/α-hetero) is 1. The lowest BCUT2D eigenvalue weighted by Crippen LogP contribution is -2.41. The lowest BCUT2D eigenvalue weighted by atomic mass is 9.88. The van der Waals surface area contributed by atoms with E-state index in [1.165, 1.54) is 12.8 Å². The predicted molar refractivity (Wildman–Crippen MR) is 152 cm³/mol. The first-order valence-electron chi connectivity index (χ1n) is 14.6. The normalized spacial score (nSPS) is 22.2. The molecule has 2 aromatic rings. The quantitative estimate of drug-likeness (QED) is 0.530. The van der Waals surface area contributed by atoms with Gasteiger partial charge in [0.05, 0.1) is 24.4 Å². The smallest absolute Gasteiger partial charge is 0.251 e. The van der Waals surface area contributed by atoms with Crippen LogP contribution in [-0.4, -0.2) is 60.9 Å². The Kier molecular flexibility index (Phi) is 7.10. The van der Waals surface area contributed by atoms with Crippen molar-refractivity contribution >= 4 is 40.7 Å². The third-order valence-electron chi connectivity index (χ3n) is 9.13. The minimum atomic E-state index is -0.310. The lowest BCUT2D eigenvalue weighted by molar-refractivity contribution is -0.124. The highest BCUT2D eigenvalue weighted by Crippen LogP contribution is 2.52. The van der Waals surface area contributed by atoms with Gasteiger partial charge in [-0.1, -0.05) is 19.3 Å². The van der Waals surface area contributed by atoms with Crippen molar-refractivity contribution in [2.24, 2.45) is 11.3 Å². The Morgan fingerprint density at radius 3 is 2.62 bits per heavy atom. The molecule has 0 saturated heterocycles. The number of nitrogens with zero attached hydrogens (tertiary/aromatic N) is 4. The number of carbonyl (C=O) groups excluding carboxylic acids is 3. The highest BCUT2D eigenvalue weighted by molar-refractivity contribution is 6.03. The van der Waals surface area contributed by atoms with Crippen LogP contribution in [0.3, 0.4) is 0 Å². The summed E-state index contributed by atoms with van der Waals surface area (Å²) in [5.41, 5.74) is 1.51. The summed E-state index contributed by atoms with van der Waals surface area (Å²) in [5, 5.41) is 6.18. The Morgan fingerprint density at radius 1 is 1.12 bits per heavy atom. The summed E-state index contributed by atoms with van der Waals surface area (Å²) in [4.78, 5) is 51.9. The van der Waals surface area contributed by atoms with Crippen LogP contribution < -0.4 is 25.2 Å². The van der Waals surface area contributed by atoms with Crippen molar-refractivity contribution in [2.45, 2.75) is 70.3 Å². The van der Waals surface area contributed by atoms with Gasteiger partial charge in [0.2, 0.25) is 11.9 Å². The zero-order valence-corrected chi connectivity index (χ0v) is 23.4. The van der Waals surface area contributed by atoms with E-state index in [0.717, 1.165) is 56.5 Å². The zero-order chi connectivity index (χ0) is 27.9. The van der Waals surface area contributed by atoms with Gasteiger partial charge >= 0.3 is 0 Å². The number of ether oxygens (including phenoxy) is 1. The molecule has 1 aromatic carbocycles. The van der Waals surface area contributed by atoms with Gasteiger partial charge in [0.1, 0.15) is 17.2 Å². The molecule has 4 aliphatic rings. The second kappa shape index (κ2) is 10.7. The molecule has 0 bridgehead atoms. The number of benzene rings is 1. The number of aromatic nitrogens is 2. The molecule has 212 valence electrons. The minimum absolute atomic E-state index is 0.0983. The molecule has 1 spiro atoms. The molecule has 3 fully saturated rings. The van der Waals surface area contributed by atoms with Gasteiger partial charge in [-0.3, -0.25) is 14.4 Å². The second-order valence-electron chi connectivity index (χ2n) is 11.8. The van der Waals surface area contributed by atoms with Crippen molar-refractivity contribution in [1.29, 1.82) is 0 Å². The van der Waals surface area contributed by atoms with E-state index >= 15 is 0 Å². The highest BCUT2D eigenvalue weighted by atomic mass is 16.5. The molecule has 0 radical (unpaired) electrons. The number of ketones is 1. The number of anilines is 4. The van der Waals surface area contributed by atoms with Crippen LogP contribution >= 0.6 is 0 Å². The minimum Gasteiger partial charge on any atom is -0.495 e. The second-order valence-corrected chi connectivity index (χ2v) is 11.8. The van der Waals surface area contributed by atoms with Crippen molar-refractivity contribution in [3.05, 3.63) is 30.0 Å². The first-order chi connectivity index (χ1) is 19.4. The molecule has 10 nitrogen and oxygen atoms in total. The summed E-state index contributed by atoms with van der Waals surface area (Å²) < 4.78 is 5.61. The molecule has 1 aliphatic heterocycles. The number of methoxy groups -OCH3 is 1. The van der Waals surface area contributed by atoms with Crippen LogP contribution in [0.15, 0.2) is 24.4 Å². The maximum atomic E-state index is 13.3. The first-order valence-corrected chi connectivity index (χ1v) is 14.6. The topological polar surface area (TPSA) is 117 Å². The average Bonchev–Trinajstić information content (AvgIpc) is 3.58. The summed E-state index contributed by atoms with van der Waals surface area (Å²) in [7, 11) is 3.38. The summed E-state index contributed by atoms with van der Waals surface area (Å²) in [6, 6.07) is 5.55. The number of carbonyl (C=O) groups is 3. The van der Waals surface area contributed by atoms with E-state index in [2.05, 4.69) is 20.5 Å². The number of rotatable bonds is 7. The molecule has 2 heterocycles. The highest BCUT2D eigenvalue weighted by Gasteiger charge is 2.55. The Labute approximate surface area is 234 Å². The average molecular weight is 547 g/mol. The molecular weight excluding hydrogens is 508 g/mol. The van der Waals surface area contributed by atoms with Crippen LogP contribution in [0.5, 0.6) is 5.75 Å². The fraction of sp³-hybridized carbons (Fsp3) is 0.567. The van der Waals surface area contributed by atoms with Crippen LogP contribution in [0.1, 0.15) is 74.6 Å². The van der Waals surface area contributed by atoms with E-state index in [1.54, 1.807) is 36.4 Å².